The number of hydrogen-bond acceptors (Lipinski definition) is 6. The zero-order valence-corrected chi connectivity index (χ0v) is 18.3. The highest BCUT2D eigenvalue weighted by atomic mass is 32.2. The van der Waals surface area contributed by atoms with Crippen molar-refractivity contribution in [3.8, 4) is 0 Å². The normalized spacial score (nSPS) is 15.6. The molecule has 1 saturated heterocycles. The summed E-state index contributed by atoms with van der Waals surface area (Å²) in [6.07, 6.45) is 3.55. The molecule has 31 heavy (non-hydrogen) atoms. The molecule has 0 unspecified atom stereocenters. The summed E-state index contributed by atoms with van der Waals surface area (Å²) in [6.45, 7) is 6.26. The highest BCUT2D eigenvalue weighted by Crippen LogP contribution is 2.22. The number of rotatable bonds is 7. The lowest BCUT2D eigenvalue weighted by molar-refractivity contribution is 0.0593. The molecule has 0 saturated carbocycles. The molecule has 166 valence electrons. The van der Waals surface area contributed by atoms with E-state index in [0.29, 0.717) is 30.9 Å². The summed E-state index contributed by atoms with van der Waals surface area (Å²) in [5, 5.41) is 5.29. The molecule has 1 amide bonds. The van der Waals surface area contributed by atoms with Crippen LogP contribution in [0.4, 0.5) is 0 Å². The number of nitrogens with zero attached hydrogens (tertiary/aromatic N) is 4. The summed E-state index contributed by atoms with van der Waals surface area (Å²) < 4.78 is 30.8. The third-order valence-electron chi connectivity index (χ3n) is 5.62. The second-order valence-electron chi connectivity index (χ2n) is 7.77. The van der Waals surface area contributed by atoms with E-state index in [9.17, 15) is 13.2 Å². The summed E-state index contributed by atoms with van der Waals surface area (Å²) in [5.41, 5.74) is 1.53. The molecule has 9 nitrogen and oxygen atoms in total. The zero-order valence-electron chi connectivity index (χ0n) is 17.5. The van der Waals surface area contributed by atoms with Crippen molar-refractivity contribution in [2.24, 2.45) is 5.14 Å². The Morgan fingerprint density at radius 2 is 1.97 bits per heavy atom. The monoisotopic (exact) mass is 445 g/mol. The fourth-order valence-electron chi connectivity index (χ4n) is 3.89. The highest BCUT2D eigenvalue weighted by Gasteiger charge is 2.25. The Morgan fingerprint density at radius 1 is 1.19 bits per heavy atom. The SMILES string of the molecule is CCCCn1c(CN2CCN(C(=O)c3ccco3)CC2)nc2cc(S(N)(=O)=O)ccc21. The molecule has 3 heterocycles. The Labute approximate surface area is 181 Å². The third kappa shape index (κ3) is 4.65. The van der Waals surface area contributed by atoms with E-state index in [1.165, 1.54) is 18.4 Å². The maximum Gasteiger partial charge on any atom is 0.289 e. The molecule has 1 fully saturated rings. The van der Waals surface area contributed by atoms with Gasteiger partial charge in [0.15, 0.2) is 5.76 Å². The van der Waals surface area contributed by atoms with Gasteiger partial charge >= 0.3 is 0 Å². The average Bonchev–Trinajstić information content (AvgIpc) is 3.39. The van der Waals surface area contributed by atoms with Crippen LogP contribution in [0.2, 0.25) is 0 Å². The second-order valence-corrected chi connectivity index (χ2v) is 9.34. The van der Waals surface area contributed by atoms with E-state index in [0.717, 1.165) is 43.8 Å². The summed E-state index contributed by atoms with van der Waals surface area (Å²) in [4.78, 5) is 21.3. The first kappa shape index (κ1) is 21.5. The highest BCUT2D eigenvalue weighted by molar-refractivity contribution is 7.89. The van der Waals surface area contributed by atoms with Gasteiger partial charge in [-0.2, -0.15) is 0 Å². The van der Waals surface area contributed by atoms with Crippen LogP contribution in [0.5, 0.6) is 0 Å². The second kappa shape index (κ2) is 8.81. The molecular weight excluding hydrogens is 418 g/mol. The van der Waals surface area contributed by atoms with E-state index >= 15 is 0 Å². The summed E-state index contributed by atoms with van der Waals surface area (Å²) in [6, 6.07) is 8.24. The topological polar surface area (TPSA) is 115 Å². The number of carbonyl (C=O) groups is 1. The number of piperazine rings is 1. The number of aromatic nitrogens is 2. The molecule has 1 aromatic carbocycles. The first-order chi connectivity index (χ1) is 14.9. The first-order valence-corrected chi connectivity index (χ1v) is 12.0. The number of amides is 1. The van der Waals surface area contributed by atoms with Crippen LogP contribution >= 0.6 is 0 Å². The molecule has 0 aliphatic carbocycles. The molecule has 1 aliphatic rings. The molecule has 4 rings (SSSR count). The van der Waals surface area contributed by atoms with Crippen molar-refractivity contribution in [3.63, 3.8) is 0 Å². The lowest BCUT2D eigenvalue weighted by Crippen LogP contribution is -2.48. The van der Waals surface area contributed by atoms with Crippen LogP contribution in [0.3, 0.4) is 0 Å². The fraction of sp³-hybridized carbons (Fsp3) is 0.429. The molecule has 1 aliphatic heterocycles. The van der Waals surface area contributed by atoms with Gasteiger partial charge in [-0.3, -0.25) is 9.69 Å². The number of benzene rings is 1. The number of sulfonamides is 1. The Morgan fingerprint density at radius 3 is 2.61 bits per heavy atom. The van der Waals surface area contributed by atoms with Crippen molar-refractivity contribution in [2.45, 2.75) is 37.8 Å². The van der Waals surface area contributed by atoms with Crippen molar-refractivity contribution in [2.75, 3.05) is 26.2 Å². The number of fused-ring (bicyclic) bond motifs is 1. The largest absolute Gasteiger partial charge is 0.459 e. The van der Waals surface area contributed by atoms with Crippen molar-refractivity contribution in [3.05, 3.63) is 48.2 Å². The minimum absolute atomic E-state index is 0.0664. The van der Waals surface area contributed by atoms with Crippen molar-refractivity contribution >= 4 is 27.0 Å². The smallest absolute Gasteiger partial charge is 0.289 e. The summed E-state index contributed by atoms with van der Waals surface area (Å²) in [5.74, 6) is 1.16. The van der Waals surface area contributed by atoms with Crippen molar-refractivity contribution in [1.82, 2.24) is 19.4 Å². The van der Waals surface area contributed by atoms with E-state index in [4.69, 9.17) is 14.5 Å². The van der Waals surface area contributed by atoms with Crippen LogP contribution in [-0.2, 0) is 23.1 Å². The molecule has 0 bridgehead atoms. The first-order valence-electron chi connectivity index (χ1n) is 10.4. The predicted octanol–water partition coefficient (Wildman–Crippen LogP) is 2.03. The van der Waals surface area contributed by atoms with Gasteiger partial charge in [-0.15, -0.1) is 0 Å². The van der Waals surface area contributed by atoms with E-state index in [2.05, 4.69) is 16.4 Å². The number of hydrogen-bond donors (Lipinski definition) is 1. The van der Waals surface area contributed by atoms with Crippen LogP contribution < -0.4 is 5.14 Å². The Kier molecular flexibility index (Phi) is 6.12. The van der Waals surface area contributed by atoms with Gasteiger partial charge in [0.2, 0.25) is 10.0 Å². The standard InChI is InChI=1S/C21H27N5O4S/c1-2-3-8-26-18-7-6-16(31(22,28)29)14-17(18)23-20(26)15-24-9-11-25(12-10-24)21(27)19-5-4-13-30-19/h4-7,13-14H,2-3,8-12,15H2,1H3,(H2,22,28,29). The quantitative estimate of drug-likeness (QED) is 0.595. The minimum Gasteiger partial charge on any atom is -0.459 e. The molecule has 0 radical (unpaired) electrons. The van der Waals surface area contributed by atoms with Gasteiger partial charge in [-0.1, -0.05) is 13.3 Å². The van der Waals surface area contributed by atoms with Crippen LogP contribution in [0, 0.1) is 0 Å². The average molecular weight is 446 g/mol. The molecule has 3 aromatic rings. The van der Waals surface area contributed by atoms with Crippen molar-refractivity contribution < 1.29 is 17.6 Å². The molecular formula is C21H27N5O4S. The van der Waals surface area contributed by atoms with Gasteiger partial charge in [-0.25, -0.2) is 18.5 Å². The zero-order chi connectivity index (χ0) is 22.0. The van der Waals surface area contributed by atoms with Gasteiger partial charge in [-0.05, 0) is 36.8 Å². The Balaban J connectivity index is 1.51. The van der Waals surface area contributed by atoms with Gasteiger partial charge < -0.3 is 13.9 Å². The van der Waals surface area contributed by atoms with Crippen molar-refractivity contribution in [1.29, 1.82) is 0 Å². The number of furan rings is 1. The van der Waals surface area contributed by atoms with Crippen LogP contribution in [0.1, 0.15) is 36.1 Å². The Hall–Kier alpha value is -2.69. The van der Waals surface area contributed by atoms with E-state index < -0.39 is 10.0 Å². The lowest BCUT2D eigenvalue weighted by Gasteiger charge is -2.34. The summed E-state index contributed by atoms with van der Waals surface area (Å²) in [7, 11) is -3.78. The van der Waals surface area contributed by atoms with E-state index in [1.54, 1.807) is 23.1 Å². The van der Waals surface area contributed by atoms with Gasteiger partial charge in [0.05, 0.1) is 28.7 Å². The van der Waals surface area contributed by atoms with Crippen LogP contribution in [0.25, 0.3) is 11.0 Å². The molecule has 0 spiro atoms. The lowest BCUT2D eigenvalue weighted by atomic mass is 10.2. The molecule has 2 aromatic heterocycles. The summed E-state index contributed by atoms with van der Waals surface area (Å²) >= 11 is 0. The number of unbranched alkanes of at least 4 members (excludes halogenated alkanes) is 1. The third-order valence-corrected chi connectivity index (χ3v) is 6.53. The number of carbonyl (C=O) groups excluding carboxylic acids is 1. The number of primary sulfonamides is 1. The number of nitrogens with two attached hydrogens (primary N) is 1. The molecule has 10 heteroatoms. The van der Waals surface area contributed by atoms with Crippen LogP contribution in [0.15, 0.2) is 45.9 Å². The van der Waals surface area contributed by atoms with E-state index in [1.807, 2.05) is 0 Å². The fourth-order valence-corrected chi connectivity index (χ4v) is 4.42. The Bertz CT molecular complexity index is 1160. The maximum absolute atomic E-state index is 12.5. The van der Waals surface area contributed by atoms with Gasteiger partial charge in [0.25, 0.3) is 5.91 Å². The molecule has 0 atom stereocenters. The maximum atomic E-state index is 12.5. The van der Waals surface area contributed by atoms with Gasteiger partial charge in [0.1, 0.15) is 5.82 Å². The molecule has 2 N–H and O–H groups in total. The minimum atomic E-state index is -3.78. The van der Waals surface area contributed by atoms with E-state index in [-0.39, 0.29) is 10.8 Å². The van der Waals surface area contributed by atoms with Gasteiger partial charge in [0, 0.05) is 32.7 Å². The predicted molar refractivity (Wildman–Crippen MR) is 116 cm³/mol. The number of aryl methyl sites for hydroxylation is 1. The number of imidazole rings is 1. The van der Waals surface area contributed by atoms with Crippen LogP contribution in [-0.4, -0.2) is 59.9 Å².